The fraction of sp³-hybridized carbons (Fsp3) is 0.500. The highest BCUT2D eigenvalue weighted by Crippen LogP contribution is 2.13. The van der Waals surface area contributed by atoms with Crippen LogP contribution in [0.1, 0.15) is 6.42 Å². The van der Waals surface area contributed by atoms with Crippen LogP contribution in [0.4, 0.5) is 0 Å². The smallest absolute Gasteiger partial charge is 0.260 e. The van der Waals surface area contributed by atoms with Gasteiger partial charge >= 0.3 is 0 Å². The predicted octanol–water partition coefficient (Wildman–Crippen LogP) is 0.0656. The Hall–Kier alpha value is -0.980. The van der Waals surface area contributed by atoms with Crippen LogP contribution in [0.2, 0.25) is 0 Å². The summed E-state index contributed by atoms with van der Waals surface area (Å²) in [7, 11) is -3.40. The van der Waals surface area contributed by atoms with Crippen molar-refractivity contribution in [1.29, 1.82) is 0 Å². The van der Waals surface area contributed by atoms with Crippen molar-refractivity contribution in [1.82, 2.24) is 14.6 Å². The fourth-order valence-corrected chi connectivity index (χ4v) is 3.10. The quantitative estimate of drug-likeness (QED) is 0.795. The standard InChI is InChI=1S/C10H15N3O2S/c14-16(15,10-4-1-2-6-12-10)13-8-3-5-11-7-9-13/h1-2,4,6,11H,3,5,7-9H2. The van der Waals surface area contributed by atoms with Crippen LogP contribution in [-0.4, -0.2) is 43.9 Å². The van der Waals surface area contributed by atoms with Gasteiger partial charge in [0.15, 0.2) is 5.03 Å². The molecule has 6 heteroatoms. The molecular formula is C10H15N3O2S. The average molecular weight is 241 g/mol. The van der Waals surface area contributed by atoms with E-state index < -0.39 is 10.0 Å². The molecule has 16 heavy (non-hydrogen) atoms. The molecule has 0 saturated carbocycles. The molecule has 1 aliphatic heterocycles. The van der Waals surface area contributed by atoms with Gasteiger partial charge in [0.2, 0.25) is 0 Å². The van der Waals surface area contributed by atoms with Gasteiger partial charge in [-0.25, -0.2) is 13.4 Å². The number of sulfonamides is 1. The zero-order chi connectivity index (χ0) is 11.4. The molecule has 0 atom stereocenters. The number of nitrogens with one attached hydrogen (secondary N) is 1. The maximum absolute atomic E-state index is 12.2. The van der Waals surface area contributed by atoms with E-state index in [1.807, 2.05) is 0 Å². The summed E-state index contributed by atoms with van der Waals surface area (Å²) in [5.74, 6) is 0. The fourth-order valence-electron chi connectivity index (χ4n) is 1.69. The highest BCUT2D eigenvalue weighted by atomic mass is 32.2. The molecule has 0 spiro atoms. The van der Waals surface area contributed by atoms with Crippen LogP contribution < -0.4 is 5.32 Å². The van der Waals surface area contributed by atoms with E-state index in [9.17, 15) is 8.42 Å². The third kappa shape index (κ3) is 2.40. The lowest BCUT2D eigenvalue weighted by molar-refractivity contribution is 0.429. The van der Waals surface area contributed by atoms with Crippen molar-refractivity contribution in [2.75, 3.05) is 26.2 Å². The Bertz CT molecular complexity index is 425. The van der Waals surface area contributed by atoms with E-state index in [1.54, 1.807) is 12.1 Å². The topological polar surface area (TPSA) is 62.3 Å². The van der Waals surface area contributed by atoms with E-state index in [0.717, 1.165) is 13.0 Å². The van der Waals surface area contributed by atoms with Crippen LogP contribution >= 0.6 is 0 Å². The van der Waals surface area contributed by atoms with Gasteiger partial charge in [0.1, 0.15) is 0 Å². The number of hydrogen-bond donors (Lipinski definition) is 1. The summed E-state index contributed by atoms with van der Waals surface area (Å²) in [5, 5.41) is 3.31. The molecule has 0 amide bonds. The van der Waals surface area contributed by atoms with E-state index in [1.165, 1.54) is 16.6 Å². The molecule has 88 valence electrons. The first-order valence-corrected chi connectivity index (χ1v) is 6.77. The van der Waals surface area contributed by atoms with Crippen molar-refractivity contribution in [3.63, 3.8) is 0 Å². The monoisotopic (exact) mass is 241 g/mol. The maximum atomic E-state index is 12.2. The second-order valence-corrected chi connectivity index (χ2v) is 5.56. The summed E-state index contributed by atoms with van der Waals surface area (Å²) >= 11 is 0. The molecule has 2 heterocycles. The van der Waals surface area contributed by atoms with E-state index >= 15 is 0 Å². The van der Waals surface area contributed by atoms with Gasteiger partial charge in [-0.1, -0.05) is 6.07 Å². The normalized spacial score (nSPS) is 19.2. The van der Waals surface area contributed by atoms with Crippen LogP contribution in [0.5, 0.6) is 0 Å². The zero-order valence-corrected chi connectivity index (χ0v) is 9.78. The van der Waals surface area contributed by atoms with Crippen molar-refractivity contribution in [3.05, 3.63) is 24.4 Å². The molecule has 1 fully saturated rings. The molecule has 1 aliphatic rings. The SMILES string of the molecule is O=S(=O)(c1ccccn1)N1CCCNCC1. The Morgan fingerprint density at radius 3 is 2.88 bits per heavy atom. The first-order valence-electron chi connectivity index (χ1n) is 5.33. The highest BCUT2D eigenvalue weighted by molar-refractivity contribution is 7.89. The van der Waals surface area contributed by atoms with Crippen molar-refractivity contribution in [3.8, 4) is 0 Å². The molecule has 0 aromatic carbocycles. The molecule has 0 aliphatic carbocycles. The van der Waals surface area contributed by atoms with E-state index in [4.69, 9.17) is 0 Å². The van der Waals surface area contributed by atoms with E-state index in [2.05, 4.69) is 10.3 Å². The van der Waals surface area contributed by atoms with Crippen LogP contribution in [0.3, 0.4) is 0 Å². The molecule has 5 nitrogen and oxygen atoms in total. The van der Waals surface area contributed by atoms with Gasteiger partial charge in [-0.05, 0) is 25.1 Å². The molecule has 1 aromatic rings. The molecular weight excluding hydrogens is 226 g/mol. The average Bonchev–Trinajstić information content (AvgIpc) is 2.59. The first kappa shape index (κ1) is 11.5. The van der Waals surface area contributed by atoms with Gasteiger partial charge in [0, 0.05) is 25.8 Å². The third-order valence-corrected chi connectivity index (χ3v) is 4.36. The summed E-state index contributed by atoms with van der Waals surface area (Å²) in [4.78, 5) is 3.91. The Morgan fingerprint density at radius 1 is 1.25 bits per heavy atom. The first-order chi connectivity index (χ1) is 7.71. The molecule has 1 saturated heterocycles. The van der Waals surface area contributed by atoms with Gasteiger partial charge in [-0.15, -0.1) is 0 Å². The number of aromatic nitrogens is 1. The summed E-state index contributed by atoms with van der Waals surface area (Å²) in [6, 6.07) is 4.94. The number of nitrogens with zero attached hydrogens (tertiary/aromatic N) is 2. The van der Waals surface area contributed by atoms with Crippen LogP contribution in [0.25, 0.3) is 0 Å². The van der Waals surface area contributed by atoms with Crippen molar-refractivity contribution in [2.24, 2.45) is 0 Å². The largest absolute Gasteiger partial charge is 0.315 e. The second-order valence-electron chi connectivity index (χ2n) is 3.68. The van der Waals surface area contributed by atoms with Crippen molar-refractivity contribution in [2.45, 2.75) is 11.4 Å². The molecule has 0 unspecified atom stereocenters. The molecule has 0 radical (unpaired) electrons. The Kier molecular flexibility index (Phi) is 3.52. The Morgan fingerprint density at radius 2 is 2.12 bits per heavy atom. The highest BCUT2D eigenvalue weighted by Gasteiger charge is 2.25. The van der Waals surface area contributed by atoms with Gasteiger partial charge in [0.05, 0.1) is 0 Å². The summed E-state index contributed by atoms with van der Waals surface area (Å²) in [6.45, 7) is 2.64. The third-order valence-electron chi connectivity index (χ3n) is 2.54. The Labute approximate surface area is 95.5 Å². The summed E-state index contributed by atoms with van der Waals surface area (Å²) in [6.07, 6.45) is 2.34. The minimum Gasteiger partial charge on any atom is -0.315 e. The number of pyridine rings is 1. The molecule has 1 aromatic heterocycles. The van der Waals surface area contributed by atoms with Crippen LogP contribution in [-0.2, 0) is 10.0 Å². The van der Waals surface area contributed by atoms with Crippen molar-refractivity contribution < 1.29 is 8.42 Å². The molecule has 2 rings (SSSR count). The molecule has 1 N–H and O–H groups in total. The lowest BCUT2D eigenvalue weighted by Crippen LogP contribution is -2.34. The summed E-state index contributed by atoms with van der Waals surface area (Å²) in [5.41, 5.74) is 0. The minimum atomic E-state index is -3.40. The van der Waals surface area contributed by atoms with Crippen LogP contribution in [0.15, 0.2) is 29.4 Å². The van der Waals surface area contributed by atoms with Crippen LogP contribution in [0, 0.1) is 0 Å². The van der Waals surface area contributed by atoms with Crippen molar-refractivity contribution >= 4 is 10.0 Å². The van der Waals surface area contributed by atoms with E-state index in [-0.39, 0.29) is 5.03 Å². The molecule has 0 bridgehead atoms. The van der Waals surface area contributed by atoms with Gasteiger partial charge in [-0.3, -0.25) is 0 Å². The Balaban J connectivity index is 2.24. The van der Waals surface area contributed by atoms with Gasteiger partial charge < -0.3 is 5.32 Å². The summed E-state index contributed by atoms with van der Waals surface area (Å²) < 4.78 is 25.8. The minimum absolute atomic E-state index is 0.136. The zero-order valence-electron chi connectivity index (χ0n) is 8.96. The van der Waals surface area contributed by atoms with E-state index in [0.29, 0.717) is 19.6 Å². The van der Waals surface area contributed by atoms with Gasteiger partial charge in [0.25, 0.3) is 10.0 Å². The predicted molar refractivity (Wildman–Crippen MR) is 60.5 cm³/mol. The number of rotatable bonds is 2. The lowest BCUT2D eigenvalue weighted by atomic mass is 10.4. The second kappa shape index (κ2) is 4.90. The number of hydrogen-bond acceptors (Lipinski definition) is 4. The van der Waals surface area contributed by atoms with Gasteiger partial charge in [-0.2, -0.15) is 4.31 Å². The maximum Gasteiger partial charge on any atom is 0.260 e. The lowest BCUT2D eigenvalue weighted by Gasteiger charge is -2.18.